The summed E-state index contributed by atoms with van der Waals surface area (Å²) in [6.45, 7) is 5.26. The minimum Gasteiger partial charge on any atom is -0.299 e. The summed E-state index contributed by atoms with van der Waals surface area (Å²) in [7, 11) is 2.13. The van der Waals surface area contributed by atoms with Crippen LogP contribution in [-0.2, 0) is 6.54 Å². The van der Waals surface area contributed by atoms with Gasteiger partial charge in [0.05, 0.1) is 5.52 Å². The van der Waals surface area contributed by atoms with Crippen molar-refractivity contribution in [1.29, 1.82) is 0 Å². The number of pyridine rings is 1. The zero-order chi connectivity index (χ0) is 13.1. The molecule has 0 aliphatic heterocycles. The van der Waals surface area contributed by atoms with E-state index in [0.29, 0.717) is 6.04 Å². The molecule has 0 radical (unpaired) electrons. The third-order valence-corrected chi connectivity index (χ3v) is 3.93. The fourth-order valence-electron chi connectivity index (χ4n) is 2.05. The third-order valence-electron chi connectivity index (χ3n) is 3.57. The quantitative estimate of drug-likeness (QED) is 0.824. The first-order valence-corrected chi connectivity index (χ1v) is 6.73. The van der Waals surface area contributed by atoms with Gasteiger partial charge in [-0.05, 0) is 32.5 Å². The van der Waals surface area contributed by atoms with E-state index in [2.05, 4.69) is 36.8 Å². The Kier molecular flexibility index (Phi) is 4.20. The molecule has 96 valence electrons. The lowest BCUT2D eigenvalue weighted by Crippen LogP contribution is -2.28. The summed E-state index contributed by atoms with van der Waals surface area (Å²) < 4.78 is 0. The summed E-state index contributed by atoms with van der Waals surface area (Å²) in [5.74, 6) is 0. The number of fused-ring (bicyclic) bond motifs is 1. The second kappa shape index (κ2) is 5.68. The van der Waals surface area contributed by atoms with Gasteiger partial charge in [0.25, 0.3) is 0 Å². The second-order valence-electron chi connectivity index (χ2n) is 4.77. The maximum Gasteiger partial charge on any atom is 0.0761 e. The highest BCUT2D eigenvalue weighted by Gasteiger charge is 2.13. The largest absolute Gasteiger partial charge is 0.299 e. The summed E-state index contributed by atoms with van der Waals surface area (Å²) >= 11 is 6.33. The van der Waals surface area contributed by atoms with E-state index in [4.69, 9.17) is 11.6 Å². The van der Waals surface area contributed by atoms with Crippen molar-refractivity contribution in [3.63, 3.8) is 0 Å². The first-order chi connectivity index (χ1) is 8.63. The molecule has 0 fully saturated rings. The van der Waals surface area contributed by atoms with Crippen LogP contribution in [0.15, 0.2) is 30.5 Å². The lowest BCUT2D eigenvalue weighted by Gasteiger charge is -2.24. The van der Waals surface area contributed by atoms with Crippen LogP contribution in [0.25, 0.3) is 10.9 Å². The van der Waals surface area contributed by atoms with E-state index < -0.39 is 0 Å². The molecule has 0 bridgehead atoms. The molecule has 1 aromatic carbocycles. The number of nitrogens with zero attached hydrogens (tertiary/aromatic N) is 2. The van der Waals surface area contributed by atoms with Gasteiger partial charge in [0.15, 0.2) is 0 Å². The molecule has 18 heavy (non-hydrogen) atoms. The van der Waals surface area contributed by atoms with Crippen LogP contribution in [0.5, 0.6) is 0 Å². The predicted molar refractivity (Wildman–Crippen MR) is 78.0 cm³/mol. The normalized spacial score (nSPS) is 13.2. The molecule has 2 nitrogen and oxygen atoms in total. The van der Waals surface area contributed by atoms with Crippen LogP contribution < -0.4 is 0 Å². The van der Waals surface area contributed by atoms with Crippen molar-refractivity contribution in [3.05, 3.63) is 41.0 Å². The molecule has 0 saturated carbocycles. The predicted octanol–water partition coefficient (Wildman–Crippen LogP) is 4.12. The molecular formula is C15H19ClN2. The molecule has 2 aromatic rings. The smallest absolute Gasteiger partial charge is 0.0761 e. The molecule has 0 N–H and O–H groups in total. The fraction of sp³-hybridized carbons (Fsp3) is 0.400. The molecule has 1 atom stereocenters. The number of hydrogen-bond acceptors (Lipinski definition) is 2. The Hall–Kier alpha value is -1.12. The van der Waals surface area contributed by atoms with Crippen molar-refractivity contribution < 1.29 is 0 Å². The Bertz CT molecular complexity index is 539. The highest BCUT2D eigenvalue weighted by Crippen LogP contribution is 2.26. The average Bonchev–Trinajstić information content (AvgIpc) is 2.41. The lowest BCUT2D eigenvalue weighted by atomic mass is 10.1. The van der Waals surface area contributed by atoms with Gasteiger partial charge in [-0.15, -0.1) is 0 Å². The second-order valence-corrected chi connectivity index (χ2v) is 5.18. The van der Waals surface area contributed by atoms with Crippen molar-refractivity contribution >= 4 is 22.5 Å². The Morgan fingerprint density at radius 3 is 2.83 bits per heavy atom. The number of halogens is 1. The first kappa shape index (κ1) is 13.3. The third kappa shape index (κ3) is 2.65. The average molecular weight is 263 g/mol. The minimum absolute atomic E-state index is 0.542. The monoisotopic (exact) mass is 262 g/mol. The van der Waals surface area contributed by atoms with Crippen LogP contribution in [0.3, 0.4) is 0 Å². The van der Waals surface area contributed by atoms with Gasteiger partial charge in [0.1, 0.15) is 0 Å². The summed E-state index contributed by atoms with van der Waals surface area (Å²) in [6.07, 6.45) is 2.96. The number of rotatable bonds is 4. The molecule has 0 saturated heterocycles. The summed E-state index contributed by atoms with van der Waals surface area (Å²) in [5.41, 5.74) is 2.14. The number of aromatic nitrogens is 1. The standard InChI is InChI=1S/C15H19ClN2/c1-4-11(2)18(3)10-13-14(16)8-7-12-6-5-9-17-15(12)13/h5-9,11H,4,10H2,1-3H3. The van der Waals surface area contributed by atoms with Crippen molar-refractivity contribution in [2.75, 3.05) is 7.05 Å². The van der Waals surface area contributed by atoms with Crippen molar-refractivity contribution in [3.8, 4) is 0 Å². The Balaban J connectivity index is 2.40. The van der Waals surface area contributed by atoms with E-state index in [1.54, 1.807) is 0 Å². The molecule has 1 heterocycles. The molecule has 0 amide bonds. The lowest BCUT2D eigenvalue weighted by molar-refractivity contribution is 0.244. The van der Waals surface area contributed by atoms with Crippen LogP contribution in [-0.4, -0.2) is 23.0 Å². The number of benzene rings is 1. The van der Waals surface area contributed by atoms with Crippen molar-refractivity contribution in [1.82, 2.24) is 9.88 Å². The first-order valence-electron chi connectivity index (χ1n) is 6.35. The Morgan fingerprint density at radius 2 is 2.11 bits per heavy atom. The molecule has 2 rings (SSSR count). The fourth-order valence-corrected chi connectivity index (χ4v) is 2.26. The van der Waals surface area contributed by atoms with Gasteiger partial charge in [-0.25, -0.2) is 0 Å². The topological polar surface area (TPSA) is 16.1 Å². The zero-order valence-corrected chi connectivity index (χ0v) is 11.9. The molecule has 0 aliphatic carbocycles. The summed E-state index contributed by atoms with van der Waals surface area (Å²) in [4.78, 5) is 6.78. The van der Waals surface area contributed by atoms with Gasteiger partial charge in [0, 0.05) is 34.8 Å². The molecule has 1 unspecified atom stereocenters. The maximum atomic E-state index is 6.33. The molecule has 3 heteroatoms. The molecule has 0 spiro atoms. The maximum absolute atomic E-state index is 6.33. The van der Waals surface area contributed by atoms with Gasteiger partial charge in [-0.3, -0.25) is 9.88 Å². The highest BCUT2D eigenvalue weighted by atomic mass is 35.5. The van der Waals surface area contributed by atoms with Gasteiger partial charge in [-0.1, -0.05) is 30.7 Å². The zero-order valence-electron chi connectivity index (χ0n) is 11.2. The molecule has 0 aliphatic rings. The van der Waals surface area contributed by atoms with E-state index in [1.165, 1.54) is 0 Å². The minimum atomic E-state index is 0.542. The Morgan fingerprint density at radius 1 is 1.33 bits per heavy atom. The van der Waals surface area contributed by atoms with E-state index in [9.17, 15) is 0 Å². The highest BCUT2D eigenvalue weighted by molar-refractivity contribution is 6.32. The molecule has 1 aromatic heterocycles. The van der Waals surface area contributed by atoms with Gasteiger partial charge in [-0.2, -0.15) is 0 Å². The van der Waals surface area contributed by atoms with E-state index in [1.807, 2.05) is 24.4 Å². The number of hydrogen-bond donors (Lipinski definition) is 0. The van der Waals surface area contributed by atoms with Gasteiger partial charge in [0.2, 0.25) is 0 Å². The molecular weight excluding hydrogens is 244 g/mol. The van der Waals surface area contributed by atoms with E-state index in [0.717, 1.165) is 34.5 Å². The van der Waals surface area contributed by atoms with Crippen LogP contribution in [0, 0.1) is 0 Å². The summed E-state index contributed by atoms with van der Waals surface area (Å²) in [5, 5.41) is 1.95. The summed E-state index contributed by atoms with van der Waals surface area (Å²) in [6, 6.07) is 8.56. The van der Waals surface area contributed by atoms with Crippen LogP contribution in [0.4, 0.5) is 0 Å². The van der Waals surface area contributed by atoms with E-state index in [-0.39, 0.29) is 0 Å². The van der Waals surface area contributed by atoms with Crippen LogP contribution in [0.1, 0.15) is 25.8 Å². The van der Waals surface area contributed by atoms with Crippen molar-refractivity contribution in [2.45, 2.75) is 32.9 Å². The van der Waals surface area contributed by atoms with E-state index >= 15 is 0 Å². The van der Waals surface area contributed by atoms with Crippen LogP contribution >= 0.6 is 11.6 Å². The SMILES string of the molecule is CCC(C)N(C)Cc1c(Cl)ccc2cccnc12. The van der Waals surface area contributed by atoms with Crippen molar-refractivity contribution in [2.24, 2.45) is 0 Å². The van der Waals surface area contributed by atoms with Gasteiger partial charge < -0.3 is 0 Å². The Labute approximate surface area is 114 Å². The van der Waals surface area contributed by atoms with Crippen LogP contribution in [0.2, 0.25) is 5.02 Å². The van der Waals surface area contributed by atoms with Gasteiger partial charge >= 0.3 is 0 Å².